The van der Waals surface area contributed by atoms with Gasteiger partial charge in [-0.25, -0.2) is 4.39 Å². The van der Waals surface area contributed by atoms with Crippen LogP contribution in [0.15, 0.2) is 22.7 Å². The molecule has 0 aromatic heterocycles. The lowest BCUT2D eigenvalue weighted by molar-refractivity contribution is 0.621. The number of rotatable bonds is 1. The summed E-state index contributed by atoms with van der Waals surface area (Å²) in [5.41, 5.74) is 5.82. The van der Waals surface area contributed by atoms with Crippen LogP contribution < -0.4 is 5.73 Å². The van der Waals surface area contributed by atoms with Crippen molar-refractivity contribution in [3.63, 3.8) is 0 Å². The van der Waals surface area contributed by atoms with Gasteiger partial charge in [-0.1, -0.05) is 18.3 Å². The second-order valence-corrected chi connectivity index (χ2v) is 3.29. The predicted octanol–water partition coefficient (Wildman–Crippen LogP) is 2.22. The van der Waals surface area contributed by atoms with E-state index >= 15 is 0 Å². The third-order valence-electron chi connectivity index (χ3n) is 1.20. The molecule has 0 saturated carbocycles. The van der Waals surface area contributed by atoms with E-state index in [4.69, 9.17) is 5.73 Å². The molecule has 58 valence electrons. The van der Waals surface area contributed by atoms with Crippen molar-refractivity contribution < 1.29 is 4.39 Å². The van der Waals surface area contributed by atoms with E-state index in [-0.39, 0.29) is 10.8 Å². The van der Waals surface area contributed by atoms with Gasteiger partial charge in [0.1, 0.15) is 10.8 Å². The van der Waals surface area contributed by atoms with Crippen LogP contribution in [0.2, 0.25) is 0 Å². The van der Waals surface area contributed by atoms with E-state index < -0.39 is 0 Å². The Hall–Kier alpha value is -0.480. The lowest BCUT2D eigenvalue weighted by Gasteiger charge is -1.98. The van der Waals surface area contributed by atoms with Crippen LogP contribution in [0.5, 0.6) is 0 Å². The first-order chi connectivity index (χ1) is 5.11. The van der Waals surface area contributed by atoms with Gasteiger partial charge in [0.05, 0.1) is 4.47 Å². The summed E-state index contributed by atoms with van der Waals surface area (Å²) in [6.07, 6.45) is 0. The molecule has 1 nitrogen and oxygen atoms in total. The molecule has 0 radical (unpaired) electrons. The molecular formula is C7H5BrFNS. The standard InChI is InChI=1S/C7H5BrFNS/c8-5-2-1-4(7(10)11)3-6(5)9/h1-3H,(H2,10,11). The highest BCUT2D eigenvalue weighted by Gasteiger charge is 2.01. The zero-order valence-corrected chi connectivity index (χ0v) is 7.88. The van der Waals surface area contributed by atoms with E-state index in [1.165, 1.54) is 6.07 Å². The van der Waals surface area contributed by atoms with Crippen LogP contribution in [0.1, 0.15) is 5.56 Å². The van der Waals surface area contributed by atoms with Gasteiger partial charge < -0.3 is 5.73 Å². The van der Waals surface area contributed by atoms with Crippen molar-refractivity contribution in [1.82, 2.24) is 0 Å². The quantitative estimate of drug-likeness (QED) is 0.754. The second kappa shape index (κ2) is 3.28. The summed E-state index contributed by atoms with van der Waals surface area (Å²) < 4.78 is 13.2. The first kappa shape index (κ1) is 8.62. The maximum absolute atomic E-state index is 12.8. The summed E-state index contributed by atoms with van der Waals surface area (Å²) in [7, 11) is 0. The molecule has 0 atom stereocenters. The zero-order chi connectivity index (χ0) is 8.43. The lowest BCUT2D eigenvalue weighted by Crippen LogP contribution is -2.09. The van der Waals surface area contributed by atoms with E-state index in [9.17, 15) is 4.39 Å². The highest BCUT2D eigenvalue weighted by Crippen LogP contribution is 2.15. The van der Waals surface area contributed by atoms with Gasteiger partial charge in [0.15, 0.2) is 0 Å². The lowest BCUT2D eigenvalue weighted by atomic mass is 10.2. The third kappa shape index (κ3) is 1.97. The Morgan fingerprint density at radius 3 is 2.64 bits per heavy atom. The number of benzene rings is 1. The topological polar surface area (TPSA) is 26.0 Å². The summed E-state index contributed by atoms with van der Waals surface area (Å²) in [6, 6.07) is 4.53. The maximum Gasteiger partial charge on any atom is 0.138 e. The fourth-order valence-electron chi connectivity index (χ4n) is 0.649. The molecule has 1 aromatic rings. The average molecular weight is 234 g/mol. The highest BCUT2D eigenvalue weighted by atomic mass is 79.9. The molecule has 0 aliphatic heterocycles. The smallest absolute Gasteiger partial charge is 0.138 e. The molecular weight excluding hydrogens is 229 g/mol. The van der Waals surface area contributed by atoms with Gasteiger partial charge in [-0.3, -0.25) is 0 Å². The van der Waals surface area contributed by atoms with Crippen molar-refractivity contribution in [2.75, 3.05) is 0 Å². The van der Waals surface area contributed by atoms with Gasteiger partial charge in [0.25, 0.3) is 0 Å². The minimum Gasteiger partial charge on any atom is -0.389 e. The van der Waals surface area contributed by atoms with Gasteiger partial charge in [0.2, 0.25) is 0 Å². The number of nitrogens with two attached hydrogens (primary N) is 1. The molecule has 0 saturated heterocycles. The van der Waals surface area contributed by atoms with Crippen LogP contribution in [-0.4, -0.2) is 4.99 Å². The van der Waals surface area contributed by atoms with E-state index in [1.807, 2.05) is 0 Å². The van der Waals surface area contributed by atoms with Gasteiger partial charge >= 0.3 is 0 Å². The minimum atomic E-state index is -0.352. The summed E-state index contributed by atoms with van der Waals surface area (Å²) >= 11 is 7.68. The number of thiocarbonyl (C=S) groups is 1. The van der Waals surface area contributed by atoms with Crippen LogP contribution >= 0.6 is 28.1 Å². The molecule has 1 rings (SSSR count). The number of halogens is 2. The number of hydrogen-bond acceptors (Lipinski definition) is 1. The Balaban J connectivity index is 3.15. The van der Waals surface area contributed by atoms with E-state index in [0.717, 1.165) is 0 Å². The van der Waals surface area contributed by atoms with Crippen LogP contribution in [0.4, 0.5) is 4.39 Å². The van der Waals surface area contributed by atoms with Crippen molar-refractivity contribution in [3.05, 3.63) is 34.1 Å². The summed E-state index contributed by atoms with van der Waals surface area (Å²) in [5.74, 6) is -0.352. The number of hydrogen-bond donors (Lipinski definition) is 1. The molecule has 0 aliphatic carbocycles. The summed E-state index contributed by atoms with van der Waals surface area (Å²) in [6.45, 7) is 0. The molecule has 0 heterocycles. The molecule has 0 aliphatic rings. The molecule has 0 bridgehead atoms. The average Bonchev–Trinajstić information content (AvgIpc) is 1.94. The SMILES string of the molecule is NC(=S)c1ccc(Br)c(F)c1. The van der Waals surface area contributed by atoms with Gasteiger partial charge in [-0.2, -0.15) is 0 Å². The zero-order valence-electron chi connectivity index (χ0n) is 5.47. The second-order valence-electron chi connectivity index (χ2n) is 1.99. The van der Waals surface area contributed by atoms with Crippen molar-refractivity contribution in [2.45, 2.75) is 0 Å². The third-order valence-corrected chi connectivity index (χ3v) is 2.08. The van der Waals surface area contributed by atoms with Crippen molar-refractivity contribution >= 4 is 33.1 Å². The van der Waals surface area contributed by atoms with E-state index in [0.29, 0.717) is 10.0 Å². The van der Waals surface area contributed by atoms with Gasteiger partial charge in [0, 0.05) is 5.56 Å². The molecule has 4 heteroatoms. The molecule has 1 aromatic carbocycles. The Kier molecular flexibility index (Phi) is 2.57. The van der Waals surface area contributed by atoms with Gasteiger partial charge in [-0.15, -0.1) is 0 Å². The first-order valence-corrected chi connectivity index (χ1v) is 4.06. The minimum absolute atomic E-state index is 0.205. The van der Waals surface area contributed by atoms with Gasteiger partial charge in [-0.05, 0) is 28.1 Å². The fraction of sp³-hybridized carbons (Fsp3) is 0. The molecule has 0 amide bonds. The Bertz CT molecular complexity index is 300. The molecule has 0 spiro atoms. The fourth-order valence-corrected chi connectivity index (χ4v) is 1.02. The molecule has 11 heavy (non-hydrogen) atoms. The van der Waals surface area contributed by atoms with Crippen molar-refractivity contribution in [3.8, 4) is 0 Å². The Morgan fingerprint density at radius 2 is 2.18 bits per heavy atom. The maximum atomic E-state index is 12.8. The normalized spacial score (nSPS) is 9.64. The van der Waals surface area contributed by atoms with Crippen molar-refractivity contribution in [1.29, 1.82) is 0 Å². The summed E-state index contributed by atoms with van der Waals surface area (Å²) in [5, 5.41) is 0. The van der Waals surface area contributed by atoms with Crippen molar-refractivity contribution in [2.24, 2.45) is 5.73 Å². The Morgan fingerprint density at radius 1 is 1.55 bits per heavy atom. The molecule has 0 unspecified atom stereocenters. The Labute approximate surface area is 77.5 Å². The van der Waals surface area contributed by atoms with Crippen LogP contribution in [-0.2, 0) is 0 Å². The van der Waals surface area contributed by atoms with Crippen LogP contribution in [0.3, 0.4) is 0 Å². The molecule has 0 fully saturated rings. The van der Waals surface area contributed by atoms with Crippen LogP contribution in [0.25, 0.3) is 0 Å². The highest BCUT2D eigenvalue weighted by molar-refractivity contribution is 9.10. The monoisotopic (exact) mass is 233 g/mol. The predicted molar refractivity (Wildman–Crippen MR) is 50.0 cm³/mol. The molecule has 2 N–H and O–H groups in total. The summed E-state index contributed by atoms with van der Waals surface area (Å²) in [4.78, 5) is 0.205. The van der Waals surface area contributed by atoms with Crippen LogP contribution in [0, 0.1) is 5.82 Å². The van der Waals surface area contributed by atoms with E-state index in [1.54, 1.807) is 12.1 Å². The first-order valence-electron chi connectivity index (χ1n) is 2.86. The van der Waals surface area contributed by atoms with E-state index in [2.05, 4.69) is 28.1 Å². The largest absolute Gasteiger partial charge is 0.389 e.